The Morgan fingerprint density at radius 3 is 2.58 bits per heavy atom. The second kappa shape index (κ2) is 3.65. The molecule has 0 saturated heterocycles. The third-order valence-corrected chi connectivity index (χ3v) is 2.18. The average Bonchev–Trinajstić information content (AvgIpc) is 2.03. The molecule has 0 saturated carbocycles. The van der Waals surface area contributed by atoms with Crippen LogP contribution in [-0.4, -0.2) is 9.97 Å². The van der Waals surface area contributed by atoms with Crippen molar-refractivity contribution in [1.82, 2.24) is 9.97 Å². The fraction of sp³-hybridized carbons (Fsp3) is 0.600. The molecule has 1 aromatic heterocycles. The highest BCUT2D eigenvalue weighted by Crippen LogP contribution is 2.18. The summed E-state index contributed by atoms with van der Waals surface area (Å²) in [5.41, 5.74) is 3.21. The van der Waals surface area contributed by atoms with Gasteiger partial charge in [-0.25, -0.2) is 0 Å². The van der Waals surface area contributed by atoms with Crippen molar-refractivity contribution in [3.8, 4) is 0 Å². The summed E-state index contributed by atoms with van der Waals surface area (Å²) in [5.74, 6) is 0.526. The minimum Gasteiger partial charge on any atom is -0.257 e. The summed E-state index contributed by atoms with van der Waals surface area (Å²) < 4.78 is 0. The maximum Gasteiger partial charge on any atom is 0.0644 e. The molecule has 0 aliphatic heterocycles. The summed E-state index contributed by atoms with van der Waals surface area (Å²) in [6.07, 6.45) is 2.97. The first-order valence-corrected chi connectivity index (χ1v) is 4.45. The zero-order chi connectivity index (χ0) is 9.14. The molecule has 0 radical (unpaired) electrons. The standard InChI is InChI=1S/C10H16N2/c1-5-7(2)10-9(4)12-8(3)6-11-10/h6-7H,5H2,1-4H3. The van der Waals surface area contributed by atoms with E-state index in [9.17, 15) is 0 Å². The van der Waals surface area contributed by atoms with Gasteiger partial charge in [0.05, 0.1) is 17.1 Å². The van der Waals surface area contributed by atoms with Gasteiger partial charge in [0.2, 0.25) is 0 Å². The van der Waals surface area contributed by atoms with Gasteiger partial charge in [0.1, 0.15) is 0 Å². The van der Waals surface area contributed by atoms with Gasteiger partial charge < -0.3 is 0 Å². The number of aromatic nitrogens is 2. The van der Waals surface area contributed by atoms with E-state index in [0.717, 1.165) is 23.5 Å². The van der Waals surface area contributed by atoms with Crippen molar-refractivity contribution in [2.45, 2.75) is 40.0 Å². The van der Waals surface area contributed by atoms with Crippen LogP contribution in [0.3, 0.4) is 0 Å². The maximum atomic E-state index is 4.39. The van der Waals surface area contributed by atoms with E-state index in [4.69, 9.17) is 0 Å². The van der Waals surface area contributed by atoms with E-state index < -0.39 is 0 Å². The largest absolute Gasteiger partial charge is 0.257 e. The van der Waals surface area contributed by atoms with Gasteiger partial charge in [-0.15, -0.1) is 0 Å². The van der Waals surface area contributed by atoms with Crippen LogP contribution in [0.25, 0.3) is 0 Å². The number of aryl methyl sites for hydroxylation is 2. The fourth-order valence-electron chi connectivity index (χ4n) is 1.28. The van der Waals surface area contributed by atoms with Gasteiger partial charge >= 0.3 is 0 Å². The maximum absolute atomic E-state index is 4.39. The Morgan fingerprint density at radius 1 is 1.42 bits per heavy atom. The first-order valence-electron chi connectivity index (χ1n) is 4.45. The highest BCUT2D eigenvalue weighted by atomic mass is 14.8. The molecular weight excluding hydrogens is 148 g/mol. The summed E-state index contributed by atoms with van der Waals surface area (Å²) >= 11 is 0. The third kappa shape index (κ3) is 1.81. The SMILES string of the molecule is CCC(C)c1ncc(C)nc1C. The Kier molecular flexibility index (Phi) is 2.79. The third-order valence-electron chi connectivity index (χ3n) is 2.18. The lowest BCUT2D eigenvalue weighted by molar-refractivity contribution is 0.692. The van der Waals surface area contributed by atoms with Crippen molar-refractivity contribution in [2.24, 2.45) is 0 Å². The van der Waals surface area contributed by atoms with Crippen LogP contribution < -0.4 is 0 Å². The molecule has 0 fully saturated rings. The summed E-state index contributed by atoms with van der Waals surface area (Å²) in [4.78, 5) is 8.77. The summed E-state index contributed by atoms with van der Waals surface area (Å²) in [6, 6.07) is 0. The molecule has 0 spiro atoms. The molecule has 12 heavy (non-hydrogen) atoms. The molecule has 1 atom stereocenters. The smallest absolute Gasteiger partial charge is 0.0644 e. The van der Waals surface area contributed by atoms with Gasteiger partial charge in [-0.1, -0.05) is 13.8 Å². The second-order valence-corrected chi connectivity index (χ2v) is 3.29. The molecule has 1 rings (SSSR count). The highest BCUT2D eigenvalue weighted by Gasteiger charge is 2.08. The van der Waals surface area contributed by atoms with Gasteiger partial charge in [0.15, 0.2) is 0 Å². The molecule has 2 heteroatoms. The summed E-state index contributed by atoms with van der Waals surface area (Å²) in [5, 5.41) is 0. The first kappa shape index (κ1) is 9.17. The van der Waals surface area contributed by atoms with Crippen molar-refractivity contribution < 1.29 is 0 Å². The van der Waals surface area contributed by atoms with E-state index in [-0.39, 0.29) is 0 Å². The van der Waals surface area contributed by atoms with Crippen LogP contribution in [0.15, 0.2) is 6.20 Å². The lowest BCUT2D eigenvalue weighted by Gasteiger charge is -2.10. The fourth-order valence-corrected chi connectivity index (χ4v) is 1.28. The van der Waals surface area contributed by atoms with Gasteiger partial charge in [0.25, 0.3) is 0 Å². The van der Waals surface area contributed by atoms with Crippen LogP contribution in [0.4, 0.5) is 0 Å². The zero-order valence-electron chi connectivity index (χ0n) is 8.26. The number of rotatable bonds is 2. The molecule has 0 amide bonds. The highest BCUT2D eigenvalue weighted by molar-refractivity contribution is 5.15. The molecule has 1 aromatic rings. The van der Waals surface area contributed by atoms with Crippen LogP contribution >= 0.6 is 0 Å². The molecular formula is C10H16N2. The minimum absolute atomic E-state index is 0.526. The molecule has 66 valence electrons. The van der Waals surface area contributed by atoms with E-state index in [2.05, 4.69) is 23.8 Å². The van der Waals surface area contributed by atoms with Crippen LogP contribution in [0, 0.1) is 13.8 Å². The topological polar surface area (TPSA) is 25.8 Å². The summed E-state index contributed by atoms with van der Waals surface area (Å²) in [7, 11) is 0. The summed E-state index contributed by atoms with van der Waals surface area (Å²) in [6.45, 7) is 8.36. The molecule has 0 aliphatic rings. The lowest BCUT2D eigenvalue weighted by atomic mass is 10.0. The first-order chi connectivity index (χ1) is 5.65. The van der Waals surface area contributed by atoms with Crippen LogP contribution in [0.2, 0.25) is 0 Å². The monoisotopic (exact) mass is 164 g/mol. The van der Waals surface area contributed by atoms with Gasteiger partial charge in [-0.3, -0.25) is 9.97 Å². The Hall–Kier alpha value is -0.920. The Bertz CT molecular complexity index is 269. The number of hydrogen-bond acceptors (Lipinski definition) is 2. The normalized spacial score (nSPS) is 13.0. The Labute approximate surface area is 74.1 Å². The average molecular weight is 164 g/mol. The zero-order valence-corrected chi connectivity index (χ0v) is 8.26. The van der Waals surface area contributed by atoms with Crippen molar-refractivity contribution >= 4 is 0 Å². The molecule has 1 heterocycles. The van der Waals surface area contributed by atoms with Crippen LogP contribution in [0.1, 0.15) is 43.3 Å². The van der Waals surface area contributed by atoms with E-state index in [1.54, 1.807) is 0 Å². The van der Waals surface area contributed by atoms with Gasteiger partial charge in [0, 0.05) is 6.20 Å². The van der Waals surface area contributed by atoms with E-state index in [1.165, 1.54) is 0 Å². The molecule has 0 N–H and O–H groups in total. The van der Waals surface area contributed by atoms with Crippen molar-refractivity contribution in [3.63, 3.8) is 0 Å². The minimum atomic E-state index is 0.526. The quantitative estimate of drug-likeness (QED) is 0.671. The molecule has 1 unspecified atom stereocenters. The number of hydrogen-bond donors (Lipinski definition) is 0. The lowest BCUT2D eigenvalue weighted by Crippen LogP contribution is -2.02. The molecule has 2 nitrogen and oxygen atoms in total. The molecule has 0 aromatic carbocycles. The predicted molar refractivity (Wildman–Crippen MR) is 50.2 cm³/mol. The van der Waals surface area contributed by atoms with Gasteiger partial charge in [-0.05, 0) is 26.2 Å². The van der Waals surface area contributed by atoms with E-state index >= 15 is 0 Å². The van der Waals surface area contributed by atoms with Crippen molar-refractivity contribution in [1.29, 1.82) is 0 Å². The van der Waals surface area contributed by atoms with Crippen LogP contribution in [0.5, 0.6) is 0 Å². The molecule has 0 bridgehead atoms. The van der Waals surface area contributed by atoms with E-state index in [1.807, 2.05) is 20.0 Å². The van der Waals surface area contributed by atoms with Crippen molar-refractivity contribution in [2.75, 3.05) is 0 Å². The predicted octanol–water partition coefficient (Wildman–Crippen LogP) is 2.61. The van der Waals surface area contributed by atoms with Crippen molar-refractivity contribution in [3.05, 3.63) is 23.3 Å². The van der Waals surface area contributed by atoms with E-state index in [0.29, 0.717) is 5.92 Å². The second-order valence-electron chi connectivity index (χ2n) is 3.29. The van der Waals surface area contributed by atoms with Gasteiger partial charge in [-0.2, -0.15) is 0 Å². The Balaban J connectivity index is 3.01. The number of nitrogens with zero attached hydrogens (tertiary/aromatic N) is 2. The van der Waals surface area contributed by atoms with Crippen LogP contribution in [-0.2, 0) is 0 Å². The molecule has 0 aliphatic carbocycles. The Morgan fingerprint density at radius 2 is 2.08 bits per heavy atom.